The summed E-state index contributed by atoms with van der Waals surface area (Å²) in [7, 11) is 0. The first-order chi connectivity index (χ1) is 16.6. The van der Waals surface area contributed by atoms with Crippen molar-refractivity contribution in [3.63, 3.8) is 0 Å². The normalized spacial score (nSPS) is 15.4. The van der Waals surface area contributed by atoms with Crippen LogP contribution in [-0.2, 0) is 9.59 Å². The van der Waals surface area contributed by atoms with E-state index in [9.17, 15) is 9.59 Å². The smallest absolute Gasteiger partial charge is 0.257 e. The molecule has 34 heavy (non-hydrogen) atoms. The number of hydrogen-bond acceptors (Lipinski definition) is 5. The van der Waals surface area contributed by atoms with Crippen molar-refractivity contribution in [3.8, 4) is 22.6 Å². The zero-order valence-corrected chi connectivity index (χ0v) is 19.4. The van der Waals surface area contributed by atoms with Gasteiger partial charge in [0.25, 0.3) is 5.22 Å². The molecule has 0 unspecified atom stereocenters. The average molecular weight is 470 g/mol. The lowest BCUT2D eigenvalue weighted by Crippen LogP contribution is -2.40. The molecule has 0 bridgehead atoms. The van der Waals surface area contributed by atoms with Gasteiger partial charge in [0.1, 0.15) is 5.69 Å². The Kier molecular flexibility index (Phi) is 6.18. The number of rotatable bonds is 5. The van der Waals surface area contributed by atoms with Gasteiger partial charge in [-0.25, -0.2) is 4.98 Å². The Hall–Kier alpha value is -3.84. The SMILES string of the molecule is C[C@H]1CC(=O)Nc2ccccc2N1C(=O)CSc1nc(-c2ccccc2)c(-c2ccccc2)o1. The van der Waals surface area contributed by atoms with Gasteiger partial charge in [-0.3, -0.25) is 9.59 Å². The van der Waals surface area contributed by atoms with Crippen LogP contribution >= 0.6 is 11.8 Å². The number of benzene rings is 3. The summed E-state index contributed by atoms with van der Waals surface area (Å²) >= 11 is 1.26. The number of carbonyl (C=O) groups excluding carboxylic acids is 2. The Labute approximate surface area is 202 Å². The minimum absolute atomic E-state index is 0.101. The van der Waals surface area contributed by atoms with E-state index in [0.717, 1.165) is 16.8 Å². The summed E-state index contributed by atoms with van der Waals surface area (Å²) < 4.78 is 6.15. The van der Waals surface area contributed by atoms with Crippen molar-refractivity contribution in [2.45, 2.75) is 24.6 Å². The standard InChI is InChI=1S/C27H23N3O3S/c1-18-16-23(31)28-21-14-8-9-15-22(21)30(18)24(32)17-34-27-29-25(19-10-4-2-5-11-19)26(33-27)20-12-6-3-7-13-20/h2-15,18H,16-17H2,1H3,(H,28,31)/t18-/m0/s1. The van der Waals surface area contributed by atoms with Crippen molar-refractivity contribution in [2.24, 2.45) is 0 Å². The number of carbonyl (C=O) groups is 2. The average Bonchev–Trinajstić information content (AvgIpc) is 3.24. The van der Waals surface area contributed by atoms with Crippen molar-refractivity contribution >= 4 is 35.0 Å². The fraction of sp³-hybridized carbons (Fsp3) is 0.148. The highest BCUT2D eigenvalue weighted by molar-refractivity contribution is 7.99. The van der Waals surface area contributed by atoms with E-state index < -0.39 is 0 Å². The van der Waals surface area contributed by atoms with E-state index in [-0.39, 0.29) is 30.0 Å². The number of oxazole rings is 1. The summed E-state index contributed by atoms with van der Waals surface area (Å²) in [5.41, 5.74) is 3.96. The predicted octanol–water partition coefficient (Wildman–Crippen LogP) is 5.86. The molecule has 2 heterocycles. The van der Waals surface area contributed by atoms with Crippen LogP contribution in [0.15, 0.2) is 94.6 Å². The minimum atomic E-state index is -0.263. The molecule has 3 aromatic carbocycles. The number of para-hydroxylation sites is 2. The lowest BCUT2D eigenvalue weighted by atomic mass is 10.1. The molecule has 5 rings (SSSR count). The molecule has 6 nitrogen and oxygen atoms in total. The number of anilines is 2. The third kappa shape index (κ3) is 4.47. The minimum Gasteiger partial charge on any atom is -0.431 e. The summed E-state index contributed by atoms with van der Waals surface area (Å²) in [6, 6.07) is 26.8. The third-order valence-electron chi connectivity index (χ3n) is 5.64. The molecule has 0 saturated carbocycles. The first-order valence-corrected chi connectivity index (χ1v) is 12.0. The molecule has 0 aliphatic carbocycles. The van der Waals surface area contributed by atoms with Crippen LogP contribution in [0.3, 0.4) is 0 Å². The highest BCUT2D eigenvalue weighted by Crippen LogP contribution is 2.36. The largest absolute Gasteiger partial charge is 0.431 e. The van der Waals surface area contributed by atoms with Gasteiger partial charge in [0, 0.05) is 23.6 Å². The molecule has 1 aliphatic heterocycles. The molecule has 170 valence electrons. The van der Waals surface area contributed by atoms with Crippen LogP contribution in [0.2, 0.25) is 0 Å². The zero-order chi connectivity index (χ0) is 23.5. The van der Waals surface area contributed by atoms with Crippen LogP contribution in [0.25, 0.3) is 22.6 Å². The Morgan fingerprint density at radius 2 is 1.65 bits per heavy atom. The molecule has 0 radical (unpaired) electrons. The second-order valence-electron chi connectivity index (χ2n) is 8.06. The van der Waals surface area contributed by atoms with Gasteiger partial charge >= 0.3 is 0 Å². The van der Waals surface area contributed by atoms with Crippen molar-refractivity contribution in [1.29, 1.82) is 0 Å². The molecular formula is C27H23N3O3S. The number of nitrogens with one attached hydrogen (secondary N) is 1. The van der Waals surface area contributed by atoms with Gasteiger partial charge in [-0.2, -0.15) is 0 Å². The Morgan fingerprint density at radius 1 is 1.00 bits per heavy atom. The maximum absolute atomic E-state index is 13.3. The Balaban J connectivity index is 1.42. The second kappa shape index (κ2) is 9.57. The molecule has 0 saturated heterocycles. The number of hydrogen-bond donors (Lipinski definition) is 1. The molecule has 4 aromatic rings. The molecule has 1 atom stereocenters. The fourth-order valence-corrected chi connectivity index (χ4v) is 4.78. The quantitative estimate of drug-likeness (QED) is 0.370. The first-order valence-electron chi connectivity index (χ1n) is 11.1. The van der Waals surface area contributed by atoms with Gasteiger partial charge in [-0.15, -0.1) is 0 Å². The molecule has 1 aromatic heterocycles. The first kappa shape index (κ1) is 22.0. The Bertz CT molecular complexity index is 1260. The number of aromatic nitrogens is 1. The van der Waals surface area contributed by atoms with Gasteiger partial charge in [0.15, 0.2) is 5.76 Å². The van der Waals surface area contributed by atoms with Crippen LogP contribution in [0.1, 0.15) is 13.3 Å². The molecule has 1 aliphatic rings. The van der Waals surface area contributed by atoms with Crippen molar-refractivity contribution < 1.29 is 14.0 Å². The van der Waals surface area contributed by atoms with Crippen LogP contribution in [0.5, 0.6) is 0 Å². The number of fused-ring (bicyclic) bond motifs is 1. The zero-order valence-electron chi connectivity index (χ0n) is 18.6. The maximum Gasteiger partial charge on any atom is 0.257 e. The van der Waals surface area contributed by atoms with Gasteiger partial charge in [-0.05, 0) is 19.1 Å². The molecule has 0 spiro atoms. The monoisotopic (exact) mass is 469 g/mol. The lowest BCUT2D eigenvalue weighted by molar-refractivity contribution is -0.117. The van der Waals surface area contributed by atoms with E-state index >= 15 is 0 Å². The summed E-state index contributed by atoms with van der Waals surface area (Å²) in [5, 5.41) is 3.31. The third-order valence-corrected chi connectivity index (χ3v) is 6.45. The number of amides is 2. The van der Waals surface area contributed by atoms with Crippen LogP contribution < -0.4 is 10.2 Å². The van der Waals surface area contributed by atoms with E-state index in [1.165, 1.54) is 11.8 Å². The highest BCUT2D eigenvalue weighted by atomic mass is 32.2. The molecule has 1 N–H and O–H groups in total. The molecule has 7 heteroatoms. The van der Waals surface area contributed by atoms with Gasteiger partial charge in [0.05, 0.1) is 17.1 Å². The topological polar surface area (TPSA) is 75.4 Å². The number of thioether (sulfide) groups is 1. The summed E-state index contributed by atoms with van der Waals surface area (Å²) in [6.45, 7) is 1.89. The summed E-state index contributed by atoms with van der Waals surface area (Å²) in [5.74, 6) is 0.596. The van der Waals surface area contributed by atoms with Gasteiger partial charge < -0.3 is 14.6 Å². The second-order valence-corrected chi connectivity index (χ2v) is 8.99. The van der Waals surface area contributed by atoms with Crippen molar-refractivity contribution in [1.82, 2.24) is 4.98 Å². The van der Waals surface area contributed by atoms with Crippen LogP contribution in [0.4, 0.5) is 11.4 Å². The van der Waals surface area contributed by atoms with E-state index in [4.69, 9.17) is 9.40 Å². The highest BCUT2D eigenvalue weighted by Gasteiger charge is 2.30. The van der Waals surface area contributed by atoms with E-state index in [2.05, 4.69) is 5.32 Å². The predicted molar refractivity (Wildman–Crippen MR) is 135 cm³/mol. The summed E-state index contributed by atoms with van der Waals surface area (Å²) in [6.07, 6.45) is 0.237. The lowest BCUT2D eigenvalue weighted by Gasteiger charge is -2.27. The summed E-state index contributed by atoms with van der Waals surface area (Å²) in [4.78, 5) is 32.0. The van der Waals surface area contributed by atoms with Crippen molar-refractivity contribution in [2.75, 3.05) is 16.0 Å². The molecular weight excluding hydrogens is 446 g/mol. The fourth-order valence-electron chi connectivity index (χ4n) is 4.10. The number of nitrogens with zero attached hydrogens (tertiary/aromatic N) is 2. The van der Waals surface area contributed by atoms with E-state index in [0.29, 0.717) is 22.4 Å². The Morgan fingerprint density at radius 3 is 2.38 bits per heavy atom. The maximum atomic E-state index is 13.3. The van der Waals surface area contributed by atoms with Gasteiger partial charge in [-0.1, -0.05) is 84.6 Å². The van der Waals surface area contributed by atoms with E-state index in [1.54, 1.807) is 4.90 Å². The van der Waals surface area contributed by atoms with Crippen LogP contribution in [0, 0.1) is 0 Å². The van der Waals surface area contributed by atoms with Crippen molar-refractivity contribution in [3.05, 3.63) is 84.9 Å². The van der Waals surface area contributed by atoms with E-state index in [1.807, 2.05) is 91.9 Å². The molecule has 0 fully saturated rings. The van der Waals surface area contributed by atoms with Crippen LogP contribution in [-0.4, -0.2) is 28.6 Å². The van der Waals surface area contributed by atoms with Gasteiger partial charge in [0.2, 0.25) is 11.8 Å². The molecule has 2 amide bonds.